The van der Waals surface area contributed by atoms with Crippen molar-refractivity contribution in [2.45, 2.75) is 58.0 Å². The van der Waals surface area contributed by atoms with Crippen molar-refractivity contribution in [2.75, 3.05) is 26.7 Å². The van der Waals surface area contributed by atoms with E-state index in [0.29, 0.717) is 12.6 Å². The van der Waals surface area contributed by atoms with Gasteiger partial charge < -0.3 is 10.6 Å². The lowest BCUT2D eigenvalue weighted by molar-refractivity contribution is -0.122. The van der Waals surface area contributed by atoms with Gasteiger partial charge in [-0.05, 0) is 60.2 Å². The Labute approximate surface area is 128 Å². The van der Waals surface area contributed by atoms with Gasteiger partial charge in [-0.3, -0.25) is 15.0 Å². The molecule has 3 N–H and O–H groups in total. The second-order valence-corrected chi connectivity index (χ2v) is 6.76. The van der Waals surface area contributed by atoms with Gasteiger partial charge in [0.05, 0.1) is 6.54 Å². The summed E-state index contributed by atoms with van der Waals surface area (Å²) in [4.78, 5) is 25.9. The van der Waals surface area contributed by atoms with Crippen molar-refractivity contribution in [1.29, 1.82) is 0 Å². The van der Waals surface area contributed by atoms with E-state index < -0.39 is 6.03 Å². The van der Waals surface area contributed by atoms with Crippen LogP contribution in [0.2, 0.25) is 0 Å². The quantitative estimate of drug-likeness (QED) is 0.710. The Kier molecular flexibility index (Phi) is 7.11. The van der Waals surface area contributed by atoms with Crippen molar-refractivity contribution in [1.82, 2.24) is 20.9 Å². The van der Waals surface area contributed by atoms with Crippen LogP contribution in [0, 0.1) is 0 Å². The van der Waals surface area contributed by atoms with Gasteiger partial charge in [0.1, 0.15) is 0 Å². The van der Waals surface area contributed by atoms with E-state index in [1.54, 1.807) is 0 Å². The molecule has 6 nitrogen and oxygen atoms in total. The third kappa shape index (κ3) is 7.43. The summed E-state index contributed by atoms with van der Waals surface area (Å²) < 4.78 is 0. The lowest BCUT2D eigenvalue weighted by Crippen LogP contribution is -2.52. The first-order valence-electron chi connectivity index (χ1n) is 7.82. The molecule has 1 saturated heterocycles. The van der Waals surface area contributed by atoms with Gasteiger partial charge in [0, 0.05) is 11.6 Å². The second kappa shape index (κ2) is 8.34. The minimum absolute atomic E-state index is 0.229. The summed E-state index contributed by atoms with van der Waals surface area (Å²) in [6.45, 7) is 7.84. The molecule has 21 heavy (non-hydrogen) atoms. The van der Waals surface area contributed by atoms with Crippen LogP contribution in [0.5, 0.6) is 0 Å². The number of urea groups is 1. The molecule has 1 aliphatic heterocycles. The van der Waals surface area contributed by atoms with Crippen molar-refractivity contribution < 1.29 is 9.59 Å². The van der Waals surface area contributed by atoms with Crippen LogP contribution in [0.25, 0.3) is 0 Å². The molecule has 0 aromatic rings. The van der Waals surface area contributed by atoms with E-state index in [1.165, 1.54) is 6.42 Å². The molecule has 0 spiro atoms. The number of hydrogen-bond donors (Lipinski definition) is 3. The Balaban J connectivity index is 2.42. The largest absolute Gasteiger partial charge is 0.333 e. The standard InChI is InChI=1S/C15H30N4O2/c1-15(2,3)18-14(21)17-13(20)11-19-10-6-5-7-12(19)8-9-16-4/h12,16H,5-11H2,1-4H3,(H2,17,18,20,21). The van der Waals surface area contributed by atoms with Crippen molar-refractivity contribution >= 4 is 11.9 Å². The summed E-state index contributed by atoms with van der Waals surface area (Å²) in [6.07, 6.45) is 4.51. The normalized spacial score (nSPS) is 20.1. The maximum absolute atomic E-state index is 12.0. The molecule has 1 fully saturated rings. The maximum Gasteiger partial charge on any atom is 0.321 e. The first-order chi connectivity index (χ1) is 9.81. The highest BCUT2D eigenvalue weighted by atomic mass is 16.2. The Morgan fingerprint density at radius 3 is 2.57 bits per heavy atom. The van der Waals surface area contributed by atoms with Gasteiger partial charge in [0.2, 0.25) is 5.91 Å². The molecule has 0 bridgehead atoms. The summed E-state index contributed by atoms with van der Waals surface area (Å²) in [7, 11) is 1.94. The lowest BCUT2D eigenvalue weighted by atomic mass is 9.99. The monoisotopic (exact) mass is 298 g/mol. The average Bonchev–Trinajstić information content (AvgIpc) is 2.35. The Bertz CT molecular complexity index is 352. The minimum Gasteiger partial charge on any atom is -0.333 e. The molecule has 0 aromatic carbocycles. The number of piperidine rings is 1. The van der Waals surface area contributed by atoms with Crippen LogP contribution >= 0.6 is 0 Å². The zero-order valence-corrected chi connectivity index (χ0v) is 13.8. The number of nitrogens with one attached hydrogen (secondary N) is 3. The van der Waals surface area contributed by atoms with E-state index >= 15 is 0 Å². The summed E-state index contributed by atoms with van der Waals surface area (Å²) in [5.41, 5.74) is -0.342. The van der Waals surface area contributed by atoms with E-state index in [0.717, 1.165) is 32.4 Å². The van der Waals surface area contributed by atoms with Crippen LogP contribution in [-0.2, 0) is 4.79 Å². The van der Waals surface area contributed by atoms with E-state index in [2.05, 4.69) is 20.9 Å². The topological polar surface area (TPSA) is 73.5 Å². The zero-order valence-electron chi connectivity index (χ0n) is 13.8. The number of hydrogen-bond acceptors (Lipinski definition) is 4. The highest BCUT2D eigenvalue weighted by molar-refractivity contribution is 5.95. The maximum atomic E-state index is 12.0. The summed E-state index contributed by atoms with van der Waals surface area (Å²) in [5.74, 6) is -0.229. The fourth-order valence-corrected chi connectivity index (χ4v) is 2.63. The Morgan fingerprint density at radius 1 is 1.24 bits per heavy atom. The second-order valence-electron chi connectivity index (χ2n) is 6.76. The predicted octanol–water partition coefficient (Wildman–Crippen LogP) is 1.07. The van der Waals surface area contributed by atoms with Gasteiger partial charge in [-0.25, -0.2) is 4.79 Å². The number of amides is 3. The molecular weight excluding hydrogens is 268 g/mol. The van der Waals surface area contributed by atoms with Crippen LogP contribution in [0.15, 0.2) is 0 Å². The zero-order chi connectivity index (χ0) is 15.9. The lowest BCUT2D eigenvalue weighted by Gasteiger charge is -2.35. The summed E-state index contributed by atoms with van der Waals surface area (Å²) in [6, 6.07) is 0.0129. The minimum atomic E-state index is -0.420. The van der Waals surface area contributed by atoms with Gasteiger partial charge in [-0.1, -0.05) is 6.42 Å². The van der Waals surface area contributed by atoms with Gasteiger partial charge in [-0.15, -0.1) is 0 Å². The van der Waals surface area contributed by atoms with E-state index in [9.17, 15) is 9.59 Å². The number of nitrogens with zero attached hydrogens (tertiary/aromatic N) is 1. The molecule has 6 heteroatoms. The number of likely N-dealkylation sites (tertiary alicyclic amines) is 1. The SMILES string of the molecule is CNCCC1CCCCN1CC(=O)NC(=O)NC(C)(C)C. The van der Waals surface area contributed by atoms with Crippen molar-refractivity contribution in [3.05, 3.63) is 0 Å². The van der Waals surface area contributed by atoms with E-state index in [-0.39, 0.29) is 11.4 Å². The van der Waals surface area contributed by atoms with Crippen molar-refractivity contribution in [2.24, 2.45) is 0 Å². The Morgan fingerprint density at radius 2 is 1.95 bits per heavy atom. The predicted molar refractivity (Wildman–Crippen MR) is 84.2 cm³/mol. The molecule has 1 unspecified atom stereocenters. The van der Waals surface area contributed by atoms with Gasteiger partial charge in [-0.2, -0.15) is 0 Å². The number of imide groups is 1. The van der Waals surface area contributed by atoms with E-state index in [4.69, 9.17) is 0 Å². The highest BCUT2D eigenvalue weighted by Gasteiger charge is 2.24. The fourth-order valence-electron chi connectivity index (χ4n) is 2.63. The first kappa shape index (κ1) is 17.9. The fraction of sp³-hybridized carbons (Fsp3) is 0.867. The molecule has 0 radical (unpaired) electrons. The summed E-state index contributed by atoms with van der Waals surface area (Å²) in [5, 5.41) is 8.30. The number of carbonyl (C=O) groups excluding carboxylic acids is 2. The third-order valence-electron chi connectivity index (χ3n) is 3.56. The molecule has 1 heterocycles. The van der Waals surface area contributed by atoms with Crippen molar-refractivity contribution in [3.63, 3.8) is 0 Å². The molecule has 1 atom stereocenters. The molecule has 0 aromatic heterocycles. The molecule has 1 rings (SSSR count). The highest BCUT2D eigenvalue weighted by Crippen LogP contribution is 2.18. The van der Waals surface area contributed by atoms with Crippen LogP contribution in [-0.4, -0.2) is 55.1 Å². The van der Waals surface area contributed by atoms with Crippen molar-refractivity contribution in [3.8, 4) is 0 Å². The average molecular weight is 298 g/mol. The molecule has 0 saturated carbocycles. The molecule has 122 valence electrons. The number of carbonyl (C=O) groups is 2. The molecule has 3 amide bonds. The van der Waals surface area contributed by atoms with Gasteiger partial charge >= 0.3 is 6.03 Å². The smallest absolute Gasteiger partial charge is 0.321 e. The molecular formula is C15H30N4O2. The molecule has 1 aliphatic rings. The van der Waals surface area contributed by atoms with Crippen LogP contribution in [0.3, 0.4) is 0 Å². The molecule has 0 aliphatic carbocycles. The third-order valence-corrected chi connectivity index (χ3v) is 3.56. The Hall–Kier alpha value is -1.14. The first-order valence-corrected chi connectivity index (χ1v) is 7.82. The van der Waals surface area contributed by atoms with Crippen LogP contribution in [0.4, 0.5) is 4.79 Å². The van der Waals surface area contributed by atoms with Gasteiger partial charge in [0.25, 0.3) is 0 Å². The summed E-state index contributed by atoms with van der Waals surface area (Å²) >= 11 is 0. The van der Waals surface area contributed by atoms with Gasteiger partial charge in [0.15, 0.2) is 0 Å². The van der Waals surface area contributed by atoms with Crippen LogP contribution < -0.4 is 16.0 Å². The number of rotatable bonds is 5. The van der Waals surface area contributed by atoms with E-state index in [1.807, 2.05) is 27.8 Å². The van der Waals surface area contributed by atoms with Crippen LogP contribution in [0.1, 0.15) is 46.5 Å².